The third kappa shape index (κ3) is 2.57. The van der Waals surface area contributed by atoms with Crippen molar-refractivity contribution in [2.24, 2.45) is 5.84 Å². The Morgan fingerprint density at radius 1 is 1.05 bits per heavy atom. The number of benzene rings is 1. The molecule has 22 heavy (non-hydrogen) atoms. The van der Waals surface area contributed by atoms with Crippen molar-refractivity contribution in [1.29, 1.82) is 0 Å². The molecule has 7 nitrogen and oxygen atoms in total. The van der Waals surface area contributed by atoms with E-state index >= 15 is 0 Å². The van der Waals surface area contributed by atoms with Crippen molar-refractivity contribution in [1.82, 2.24) is 19.5 Å². The molecule has 0 fully saturated rings. The fourth-order valence-electron chi connectivity index (χ4n) is 2.07. The minimum Gasteiger partial charge on any atom is -0.248 e. The van der Waals surface area contributed by atoms with Gasteiger partial charge in [0, 0.05) is 6.20 Å². The molecule has 0 aliphatic carbocycles. The molecule has 0 saturated heterocycles. The van der Waals surface area contributed by atoms with Gasteiger partial charge in [0.05, 0.1) is 5.69 Å². The van der Waals surface area contributed by atoms with E-state index in [-0.39, 0.29) is 5.95 Å². The first-order chi connectivity index (χ1) is 10.7. The number of hydrogen-bond acceptors (Lipinski definition) is 6. The zero-order chi connectivity index (χ0) is 15.5. The van der Waals surface area contributed by atoms with Crippen LogP contribution >= 0.6 is 0 Å². The number of hydrazine groups is 1. The maximum Gasteiger partial charge on any atom is 0.356 e. The number of pyridine rings is 1. The van der Waals surface area contributed by atoms with Crippen LogP contribution in [-0.2, 0) is 0 Å². The van der Waals surface area contributed by atoms with Gasteiger partial charge in [0.1, 0.15) is 11.6 Å². The van der Waals surface area contributed by atoms with E-state index in [9.17, 15) is 4.79 Å². The second kappa shape index (κ2) is 5.74. The number of nitrogens with two attached hydrogens (primary N) is 1. The van der Waals surface area contributed by atoms with E-state index in [2.05, 4.69) is 15.0 Å². The molecule has 2 heterocycles. The fraction of sp³-hybridized carbons (Fsp3) is 0.0667. The van der Waals surface area contributed by atoms with Crippen molar-refractivity contribution >= 4 is 11.8 Å². The average molecular weight is 294 g/mol. The summed E-state index contributed by atoms with van der Waals surface area (Å²) in [7, 11) is 0. The average Bonchev–Trinajstić information content (AvgIpc) is 2.55. The summed E-state index contributed by atoms with van der Waals surface area (Å²) in [5.41, 5.74) is 0.262. The highest BCUT2D eigenvalue weighted by Crippen LogP contribution is 2.14. The minimum atomic E-state index is -0.444. The number of hydrogen-bond donors (Lipinski definition) is 1. The van der Waals surface area contributed by atoms with Crippen LogP contribution in [0.25, 0.3) is 5.69 Å². The molecule has 1 aromatic carbocycles. The molecule has 2 N–H and O–H groups in total. The Morgan fingerprint density at radius 3 is 2.41 bits per heavy atom. The molecule has 3 aromatic rings. The van der Waals surface area contributed by atoms with Gasteiger partial charge in [0.25, 0.3) is 5.95 Å². The van der Waals surface area contributed by atoms with E-state index in [4.69, 9.17) is 5.84 Å². The predicted molar refractivity (Wildman–Crippen MR) is 82.9 cm³/mol. The molecular formula is C15H14N6O. The third-order valence-electron chi connectivity index (χ3n) is 3.10. The van der Waals surface area contributed by atoms with E-state index in [1.54, 1.807) is 31.3 Å². The molecule has 0 radical (unpaired) electrons. The number of rotatable bonds is 3. The smallest absolute Gasteiger partial charge is 0.248 e. The monoisotopic (exact) mass is 294 g/mol. The Bertz CT molecular complexity index is 832. The van der Waals surface area contributed by atoms with Gasteiger partial charge >= 0.3 is 5.69 Å². The number of nitrogens with zero attached hydrogens (tertiary/aromatic N) is 5. The zero-order valence-electron chi connectivity index (χ0n) is 11.9. The van der Waals surface area contributed by atoms with Gasteiger partial charge < -0.3 is 0 Å². The van der Waals surface area contributed by atoms with Gasteiger partial charge in [-0.1, -0.05) is 24.3 Å². The molecule has 3 rings (SSSR count). The molecule has 0 atom stereocenters. The molecule has 0 saturated carbocycles. The minimum absolute atomic E-state index is 0.105. The zero-order valence-corrected chi connectivity index (χ0v) is 11.9. The van der Waals surface area contributed by atoms with Gasteiger partial charge in [-0.25, -0.2) is 25.2 Å². The fourth-order valence-corrected chi connectivity index (χ4v) is 2.07. The highest BCUT2D eigenvalue weighted by Gasteiger charge is 2.14. The summed E-state index contributed by atoms with van der Waals surface area (Å²) in [5.74, 6) is 7.00. The van der Waals surface area contributed by atoms with Crippen molar-refractivity contribution in [2.45, 2.75) is 6.92 Å². The number of para-hydroxylation sites is 1. The molecule has 0 bridgehead atoms. The Kier molecular flexibility index (Phi) is 3.63. The van der Waals surface area contributed by atoms with Crippen molar-refractivity contribution < 1.29 is 0 Å². The van der Waals surface area contributed by atoms with Crippen LogP contribution in [0, 0.1) is 6.92 Å². The Hall–Kier alpha value is -3.06. The second-order valence-electron chi connectivity index (χ2n) is 4.58. The normalized spacial score (nSPS) is 10.5. The quantitative estimate of drug-likeness (QED) is 0.579. The van der Waals surface area contributed by atoms with Crippen LogP contribution in [0.15, 0.2) is 59.5 Å². The number of aromatic nitrogens is 4. The molecule has 110 valence electrons. The summed E-state index contributed by atoms with van der Waals surface area (Å²) in [4.78, 5) is 24.7. The largest absolute Gasteiger partial charge is 0.356 e. The van der Waals surface area contributed by atoms with Crippen LogP contribution in [-0.4, -0.2) is 19.5 Å². The van der Waals surface area contributed by atoms with Crippen molar-refractivity contribution in [3.05, 3.63) is 71.0 Å². The lowest BCUT2D eigenvalue weighted by Gasteiger charge is -2.16. The third-order valence-corrected chi connectivity index (χ3v) is 3.10. The highest BCUT2D eigenvalue weighted by atomic mass is 16.1. The topological polar surface area (TPSA) is 89.9 Å². The molecule has 0 amide bonds. The maximum atomic E-state index is 12.3. The molecule has 7 heteroatoms. The molecule has 0 spiro atoms. The molecule has 0 aliphatic heterocycles. The maximum absolute atomic E-state index is 12.3. The first kappa shape index (κ1) is 13.9. The second-order valence-corrected chi connectivity index (χ2v) is 4.58. The van der Waals surface area contributed by atoms with Crippen LogP contribution in [0.1, 0.15) is 5.82 Å². The first-order valence-electron chi connectivity index (χ1n) is 6.66. The van der Waals surface area contributed by atoms with E-state index in [0.29, 0.717) is 17.3 Å². The summed E-state index contributed by atoms with van der Waals surface area (Å²) >= 11 is 0. The summed E-state index contributed by atoms with van der Waals surface area (Å²) in [5, 5.41) is 1.18. The molecule has 0 unspecified atom stereocenters. The van der Waals surface area contributed by atoms with Crippen LogP contribution < -0.4 is 16.5 Å². The van der Waals surface area contributed by atoms with E-state index in [0.717, 1.165) is 0 Å². The van der Waals surface area contributed by atoms with Gasteiger partial charge in [0.2, 0.25) is 0 Å². The number of aryl methyl sites for hydroxylation is 1. The lowest BCUT2D eigenvalue weighted by atomic mass is 10.3. The Labute approximate surface area is 126 Å². The van der Waals surface area contributed by atoms with Crippen LogP contribution in [0.4, 0.5) is 11.8 Å². The van der Waals surface area contributed by atoms with Gasteiger partial charge in [-0.2, -0.15) is 9.97 Å². The molecule has 2 aromatic heterocycles. The summed E-state index contributed by atoms with van der Waals surface area (Å²) < 4.78 is 1.43. The van der Waals surface area contributed by atoms with Gasteiger partial charge in [-0.3, -0.25) is 0 Å². The Morgan fingerprint density at radius 2 is 1.77 bits per heavy atom. The highest BCUT2D eigenvalue weighted by molar-refractivity contribution is 5.49. The lowest BCUT2D eigenvalue weighted by molar-refractivity contribution is 0.788. The summed E-state index contributed by atoms with van der Waals surface area (Å²) in [6.45, 7) is 1.73. The van der Waals surface area contributed by atoms with E-state index in [1.807, 2.05) is 30.3 Å². The number of anilines is 2. The Balaban J connectivity index is 2.05. The van der Waals surface area contributed by atoms with E-state index in [1.165, 1.54) is 9.58 Å². The SMILES string of the molecule is Cc1nc(N(N)c2ccccn2)nc(=O)n1-c1ccccc1. The van der Waals surface area contributed by atoms with Crippen molar-refractivity contribution in [2.75, 3.05) is 5.01 Å². The van der Waals surface area contributed by atoms with Gasteiger partial charge in [-0.05, 0) is 31.2 Å². The summed E-state index contributed by atoms with van der Waals surface area (Å²) in [6, 6.07) is 14.5. The van der Waals surface area contributed by atoms with E-state index < -0.39 is 5.69 Å². The first-order valence-corrected chi connectivity index (χ1v) is 6.66. The molecular weight excluding hydrogens is 280 g/mol. The predicted octanol–water partition coefficient (Wildman–Crippen LogP) is 1.34. The summed E-state index contributed by atoms with van der Waals surface area (Å²) in [6.07, 6.45) is 1.60. The van der Waals surface area contributed by atoms with Gasteiger partial charge in [0.15, 0.2) is 0 Å². The van der Waals surface area contributed by atoms with Crippen molar-refractivity contribution in [3.63, 3.8) is 0 Å². The van der Waals surface area contributed by atoms with Crippen LogP contribution in [0.2, 0.25) is 0 Å². The molecule has 0 aliphatic rings. The van der Waals surface area contributed by atoms with Crippen molar-refractivity contribution in [3.8, 4) is 5.69 Å². The lowest BCUT2D eigenvalue weighted by Crippen LogP contribution is -2.33. The van der Waals surface area contributed by atoms with Gasteiger partial charge in [-0.15, -0.1) is 0 Å². The van der Waals surface area contributed by atoms with Crippen LogP contribution in [0.3, 0.4) is 0 Å². The standard InChI is InChI=1S/C15H14N6O/c1-11-18-14(21(16)13-9-5-6-10-17-13)19-15(22)20(11)12-7-3-2-4-8-12/h2-10H,16H2,1H3. The van der Waals surface area contributed by atoms with Crippen LogP contribution in [0.5, 0.6) is 0 Å².